The van der Waals surface area contributed by atoms with Crippen LogP contribution >= 0.6 is 11.8 Å². The Morgan fingerprint density at radius 1 is 1.00 bits per heavy atom. The standard InChI is InChI=1S/C22H28N2O3S/c1-26-18-7-5-17(6-8-18)21(24-13-3-4-14-24)15-23-22(25)16-28-20-11-9-19(27-2)10-12-20/h5-12,21H,3-4,13-16H2,1-2H3,(H,23,25). The van der Waals surface area contributed by atoms with Crippen molar-refractivity contribution < 1.29 is 14.3 Å². The van der Waals surface area contributed by atoms with E-state index in [1.807, 2.05) is 36.4 Å². The van der Waals surface area contributed by atoms with Crippen molar-refractivity contribution in [2.45, 2.75) is 23.8 Å². The Bertz CT molecular complexity index is 743. The summed E-state index contributed by atoms with van der Waals surface area (Å²) >= 11 is 1.53. The van der Waals surface area contributed by atoms with Gasteiger partial charge in [0, 0.05) is 11.4 Å². The van der Waals surface area contributed by atoms with E-state index in [0.717, 1.165) is 29.5 Å². The van der Waals surface area contributed by atoms with Crippen LogP contribution in [0.5, 0.6) is 11.5 Å². The number of carbonyl (C=O) groups is 1. The van der Waals surface area contributed by atoms with Gasteiger partial charge in [0.15, 0.2) is 0 Å². The van der Waals surface area contributed by atoms with Crippen molar-refractivity contribution in [1.29, 1.82) is 0 Å². The summed E-state index contributed by atoms with van der Waals surface area (Å²) in [7, 11) is 3.32. The Morgan fingerprint density at radius 3 is 2.14 bits per heavy atom. The van der Waals surface area contributed by atoms with Crippen LogP contribution in [-0.4, -0.2) is 50.4 Å². The average Bonchev–Trinajstić information content (AvgIpc) is 3.28. The zero-order chi connectivity index (χ0) is 19.8. The number of thioether (sulfide) groups is 1. The van der Waals surface area contributed by atoms with Gasteiger partial charge in [-0.15, -0.1) is 11.8 Å². The molecule has 1 atom stereocenters. The molecule has 1 fully saturated rings. The summed E-state index contributed by atoms with van der Waals surface area (Å²) in [6.45, 7) is 2.77. The van der Waals surface area contributed by atoms with Crippen molar-refractivity contribution in [2.75, 3.05) is 39.6 Å². The van der Waals surface area contributed by atoms with Gasteiger partial charge >= 0.3 is 0 Å². The number of methoxy groups -OCH3 is 2. The molecule has 1 N–H and O–H groups in total. The molecule has 1 aliphatic heterocycles. The van der Waals surface area contributed by atoms with Crippen LogP contribution in [0.25, 0.3) is 0 Å². The summed E-state index contributed by atoms with van der Waals surface area (Å²) in [4.78, 5) is 15.9. The average molecular weight is 401 g/mol. The molecule has 0 spiro atoms. The van der Waals surface area contributed by atoms with Gasteiger partial charge in [0.25, 0.3) is 0 Å². The van der Waals surface area contributed by atoms with Crippen LogP contribution < -0.4 is 14.8 Å². The number of amides is 1. The van der Waals surface area contributed by atoms with Crippen LogP contribution in [-0.2, 0) is 4.79 Å². The van der Waals surface area contributed by atoms with E-state index in [1.54, 1.807) is 14.2 Å². The molecule has 2 aromatic carbocycles. The molecular formula is C22H28N2O3S. The number of benzene rings is 2. The molecule has 1 heterocycles. The lowest BCUT2D eigenvalue weighted by Gasteiger charge is -2.28. The highest BCUT2D eigenvalue weighted by Crippen LogP contribution is 2.26. The molecule has 1 aliphatic rings. The van der Waals surface area contributed by atoms with E-state index < -0.39 is 0 Å². The van der Waals surface area contributed by atoms with Crippen LogP contribution in [0.1, 0.15) is 24.4 Å². The van der Waals surface area contributed by atoms with Gasteiger partial charge < -0.3 is 14.8 Å². The Balaban J connectivity index is 1.55. The van der Waals surface area contributed by atoms with Crippen molar-refractivity contribution in [3.05, 3.63) is 54.1 Å². The molecule has 28 heavy (non-hydrogen) atoms. The van der Waals surface area contributed by atoms with Gasteiger partial charge in [-0.25, -0.2) is 0 Å². The normalized spacial score (nSPS) is 15.2. The third-order valence-electron chi connectivity index (χ3n) is 5.00. The minimum absolute atomic E-state index is 0.0542. The SMILES string of the molecule is COc1ccc(SCC(=O)NCC(c2ccc(OC)cc2)N2CCCC2)cc1. The fourth-order valence-electron chi connectivity index (χ4n) is 3.42. The number of ether oxygens (including phenoxy) is 2. The zero-order valence-electron chi connectivity index (χ0n) is 16.5. The van der Waals surface area contributed by atoms with E-state index in [-0.39, 0.29) is 11.9 Å². The van der Waals surface area contributed by atoms with Crippen LogP contribution in [0.4, 0.5) is 0 Å². The van der Waals surface area contributed by atoms with Crippen molar-refractivity contribution in [3.8, 4) is 11.5 Å². The number of hydrogen-bond acceptors (Lipinski definition) is 5. The van der Waals surface area contributed by atoms with Gasteiger partial charge in [0.05, 0.1) is 26.0 Å². The van der Waals surface area contributed by atoms with Crippen LogP contribution in [0, 0.1) is 0 Å². The predicted molar refractivity (Wildman–Crippen MR) is 113 cm³/mol. The second-order valence-electron chi connectivity index (χ2n) is 6.80. The van der Waals surface area contributed by atoms with Gasteiger partial charge in [-0.2, -0.15) is 0 Å². The molecule has 1 saturated heterocycles. The Kier molecular flexibility index (Phi) is 7.62. The molecule has 0 aliphatic carbocycles. The molecule has 0 radical (unpaired) electrons. The van der Waals surface area contributed by atoms with Gasteiger partial charge in [-0.3, -0.25) is 9.69 Å². The summed E-state index contributed by atoms with van der Waals surface area (Å²) in [6, 6.07) is 16.1. The van der Waals surface area contributed by atoms with Gasteiger partial charge in [0.1, 0.15) is 11.5 Å². The fraction of sp³-hybridized carbons (Fsp3) is 0.409. The summed E-state index contributed by atoms with van der Waals surface area (Å²) in [6.07, 6.45) is 2.43. The van der Waals surface area contributed by atoms with E-state index in [1.165, 1.54) is 30.2 Å². The lowest BCUT2D eigenvalue weighted by Crippen LogP contribution is -2.37. The van der Waals surface area contributed by atoms with E-state index in [9.17, 15) is 4.79 Å². The molecule has 0 bridgehead atoms. The Hall–Kier alpha value is -2.18. The summed E-state index contributed by atoms with van der Waals surface area (Å²) in [5.74, 6) is 2.13. The predicted octanol–water partition coefficient (Wildman–Crippen LogP) is 3.75. The highest BCUT2D eigenvalue weighted by atomic mass is 32.2. The Labute approximate surface area is 171 Å². The minimum Gasteiger partial charge on any atom is -0.497 e. The molecule has 0 aromatic heterocycles. The van der Waals surface area contributed by atoms with Crippen LogP contribution in [0.15, 0.2) is 53.4 Å². The van der Waals surface area contributed by atoms with E-state index >= 15 is 0 Å². The van der Waals surface area contributed by atoms with Crippen molar-refractivity contribution in [2.24, 2.45) is 0 Å². The van der Waals surface area contributed by atoms with Gasteiger partial charge in [0.2, 0.25) is 5.91 Å². The number of rotatable bonds is 9. The Morgan fingerprint density at radius 2 is 1.57 bits per heavy atom. The molecule has 150 valence electrons. The van der Waals surface area contributed by atoms with Gasteiger partial charge in [-0.05, 0) is 67.9 Å². The molecule has 2 aromatic rings. The van der Waals surface area contributed by atoms with Crippen LogP contribution in [0.2, 0.25) is 0 Å². The van der Waals surface area contributed by atoms with Crippen molar-refractivity contribution in [1.82, 2.24) is 10.2 Å². The maximum Gasteiger partial charge on any atom is 0.230 e. The molecule has 6 heteroatoms. The lowest BCUT2D eigenvalue weighted by atomic mass is 10.1. The minimum atomic E-state index is 0.0542. The maximum atomic E-state index is 12.4. The monoisotopic (exact) mass is 400 g/mol. The van der Waals surface area contributed by atoms with Crippen molar-refractivity contribution in [3.63, 3.8) is 0 Å². The number of carbonyl (C=O) groups excluding carboxylic acids is 1. The molecule has 3 rings (SSSR count). The van der Waals surface area contributed by atoms with Crippen LogP contribution in [0.3, 0.4) is 0 Å². The maximum absolute atomic E-state index is 12.4. The number of nitrogens with one attached hydrogen (secondary N) is 1. The van der Waals surface area contributed by atoms with E-state index in [2.05, 4.69) is 22.3 Å². The largest absolute Gasteiger partial charge is 0.497 e. The quantitative estimate of drug-likeness (QED) is 0.650. The van der Waals surface area contributed by atoms with Gasteiger partial charge in [-0.1, -0.05) is 12.1 Å². The second-order valence-corrected chi connectivity index (χ2v) is 7.85. The molecule has 1 amide bonds. The first kappa shape index (κ1) is 20.6. The lowest BCUT2D eigenvalue weighted by molar-refractivity contribution is -0.118. The first-order valence-corrected chi connectivity index (χ1v) is 10.6. The van der Waals surface area contributed by atoms with Crippen molar-refractivity contribution >= 4 is 17.7 Å². The number of nitrogens with zero attached hydrogens (tertiary/aromatic N) is 1. The smallest absolute Gasteiger partial charge is 0.230 e. The first-order chi connectivity index (χ1) is 13.7. The summed E-state index contributed by atoms with van der Waals surface area (Å²) < 4.78 is 10.4. The molecule has 0 saturated carbocycles. The summed E-state index contributed by atoms with van der Waals surface area (Å²) in [5, 5.41) is 3.12. The third kappa shape index (κ3) is 5.66. The molecule has 5 nitrogen and oxygen atoms in total. The van der Waals surface area contributed by atoms with E-state index in [0.29, 0.717) is 12.3 Å². The molecule has 1 unspecified atom stereocenters. The highest BCUT2D eigenvalue weighted by Gasteiger charge is 2.24. The third-order valence-corrected chi connectivity index (χ3v) is 6.02. The topological polar surface area (TPSA) is 50.8 Å². The first-order valence-electron chi connectivity index (χ1n) is 9.61. The number of hydrogen-bond donors (Lipinski definition) is 1. The molecular weight excluding hydrogens is 372 g/mol. The zero-order valence-corrected chi connectivity index (χ0v) is 17.3. The highest BCUT2D eigenvalue weighted by molar-refractivity contribution is 8.00. The number of likely N-dealkylation sites (tertiary alicyclic amines) is 1. The second kappa shape index (κ2) is 10.4. The fourth-order valence-corrected chi connectivity index (χ4v) is 4.15. The van der Waals surface area contributed by atoms with E-state index in [4.69, 9.17) is 9.47 Å². The summed E-state index contributed by atoms with van der Waals surface area (Å²) in [5.41, 5.74) is 1.21.